The van der Waals surface area contributed by atoms with Gasteiger partial charge in [-0.05, 0) is 37.3 Å². The van der Waals surface area contributed by atoms with E-state index in [0.29, 0.717) is 5.76 Å². The molecule has 0 fully saturated rings. The number of nitrogens with two attached hydrogens (primary N) is 1. The molecule has 7 nitrogen and oxygen atoms in total. The van der Waals surface area contributed by atoms with Crippen LogP contribution < -0.4 is 15.2 Å². The molecular weight excluding hydrogens is 356 g/mol. The van der Waals surface area contributed by atoms with Crippen LogP contribution in [0.4, 0.5) is 0 Å². The topological polar surface area (TPSA) is 112 Å². The van der Waals surface area contributed by atoms with E-state index in [-0.39, 0.29) is 16.2 Å². The van der Waals surface area contributed by atoms with E-state index >= 15 is 0 Å². The molecular formula is C18H18N2O5S. The maximum Gasteiger partial charge on any atom is 0.255 e. The number of furan rings is 1. The van der Waals surface area contributed by atoms with Crippen molar-refractivity contribution in [2.45, 2.75) is 17.9 Å². The van der Waals surface area contributed by atoms with Crippen LogP contribution in [0.25, 0.3) is 11.0 Å². The van der Waals surface area contributed by atoms with Gasteiger partial charge in [-0.1, -0.05) is 18.2 Å². The largest absolute Gasteiger partial charge is 0.496 e. The predicted octanol–water partition coefficient (Wildman–Crippen LogP) is 2.58. The number of ether oxygens (including phenoxy) is 1. The Morgan fingerprint density at radius 1 is 1.19 bits per heavy atom. The highest BCUT2D eigenvalue weighted by atomic mass is 32.2. The molecule has 3 N–H and O–H groups in total. The third-order valence-electron chi connectivity index (χ3n) is 3.96. The number of carbonyl (C=O) groups is 1. The fourth-order valence-electron chi connectivity index (χ4n) is 2.60. The molecule has 136 valence electrons. The summed E-state index contributed by atoms with van der Waals surface area (Å²) in [4.78, 5) is 12.5. The first kappa shape index (κ1) is 18.0. The fourth-order valence-corrected chi connectivity index (χ4v) is 3.14. The molecule has 3 aromatic rings. The van der Waals surface area contributed by atoms with Crippen LogP contribution in [-0.2, 0) is 10.0 Å². The lowest BCUT2D eigenvalue weighted by molar-refractivity contribution is 0.0932. The average Bonchev–Trinajstić information content (AvgIpc) is 3.04. The number of sulfonamides is 1. The van der Waals surface area contributed by atoms with Crippen molar-refractivity contribution in [2.24, 2.45) is 5.14 Å². The van der Waals surface area contributed by atoms with E-state index in [4.69, 9.17) is 14.3 Å². The predicted molar refractivity (Wildman–Crippen MR) is 96.5 cm³/mol. The lowest BCUT2D eigenvalue weighted by Gasteiger charge is -2.14. The molecule has 1 unspecified atom stereocenters. The van der Waals surface area contributed by atoms with E-state index in [1.165, 1.54) is 25.3 Å². The van der Waals surface area contributed by atoms with Crippen LogP contribution in [0.5, 0.6) is 5.75 Å². The maximum atomic E-state index is 12.6. The normalized spacial score (nSPS) is 12.7. The van der Waals surface area contributed by atoms with E-state index < -0.39 is 22.0 Å². The summed E-state index contributed by atoms with van der Waals surface area (Å²) < 4.78 is 34.0. The Kier molecular flexibility index (Phi) is 4.71. The summed E-state index contributed by atoms with van der Waals surface area (Å²) in [7, 11) is -2.54. The zero-order valence-corrected chi connectivity index (χ0v) is 15.0. The van der Waals surface area contributed by atoms with Crippen LogP contribution in [0.3, 0.4) is 0 Å². The molecule has 0 saturated carbocycles. The highest BCUT2D eigenvalue weighted by Gasteiger charge is 2.20. The van der Waals surface area contributed by atoms with Crippen molar-refractivity contribution >= 4 is 26.9 Å². The number of rotatable bonds is 5. The molecule has 0 aliphatic rings. The Morgan fingerprint density at radius 3 is 2.58 bits per heavy atom. The Hall–Kier alpha value is -2.84. The van der Waals surface area contributed by atoms with Crippen LogP contribution >= 0.6 is 0 Å². The van der Waals surface area contributed by atoms with Gasteiger partial charge in [0.2, 0.25) is 10.0 Å². The molecule has 2 aromatic carbocycles. The minimum Gasteiger partial charge on any atom is -0.496 e. The Bertz CT molecular complexity index is 1040. The van der Waals surface area contributed by atoms with Gasteiger partial charge in [-0.15, -0.1) is 0 Å². The molecule has 3 rings (SSSR count). The number of hydrogen-bond acceptors (Lipinski definition) is 5. The van der Waals surface area contributed by atoms with Crippen LogP contribution in [0, 0.1) is 0 Å². The van der Waals surface area contributed by atoms with E-state index in [1.807, 2.05) is 30.3 Å². The number of primary sulfonamides is 1. The summed E-state index contributed by atoms with van der Waals surface area (Å²) in [5.41, 5.74) is 0.791. The molecule has 0 bridgehead atoms. The van der Waals surface area contributed by atoms with Gasteiger partial charge in [-0.3, -0.25) is 4.79 Å². The Morgan fingerprint density at radius 2 is 1.92 bits per heavy atom. The quantitative estimate of drug-likeness (QED) is 0.713. The average molecular weight is 374 g/mol. The molecule has 0 aliphatic heterocycles. The van der Waals surface area contributed by atoms with Gasteiger partial charge in [0.15, 0.2) is 0 Å². The second-order valence-corrected chi connectivity index (χ2v) is 7.35. The molecule has 0 spiro atoms. The monoisotopic (exact) mass is 374 g/mol. The molecule has 8 heteroatoms. The van der Waals surface area contributed by atoms with Gasteiger partial charge in [0.25, 0.3) is 5.91 Å². The van der Waals surface area contributed by atoms with Crippen molar-refractivity contribution in [2.75, 3.05) is 7.11 Å². The van der Waals surface area contributed by atoms with Crippen molar-refractivity contribution in [3.8, 4) is 5.75 Å². The number of methoxy groups -OCH3 is 1. The summed E-state index contributed by atoms with van der Waals surface area (Å²) in [5.74, 6) is 0.327. The molecule has 1 heterocycles. The number of amides is 1. The number of hydrogen-bond donors (Lipinski definition) is 2. The Balaban J connectivity index is 1.89. The first-order valence-corrected chi connectivity index (χ1v) is 9.34. The minimum atomic E-state index is -3.94. The first-order chi connectivity index (χ1) is 12.3. The third kappa shape index (κ3) is 3.56. The SMILES string of the molecule is COc1ccc(S(N)(=O)=O)cc1C(=O)NC(C)c1cc2ccccc2o1. The fraction of sp³-hybridized carbons (Fsp3) is 0.167. The van der Waals surface area contributed by atoms with Gasteiger partial charge in [0.1, 0.15) is 17.1 Å². The maximum absolute atomic E-state index is 12.6. The minimum absolute atomic E-state index is 0.0713. The van der Waals surface area contributed by atoms with Crippen molar-refractivity contribution in [3.63, 3.8) is 0 Å². The van der Waals surface area contributed by atoms with Crippen LogP contribution in [0.15, 0.2) is 57.8 Å². The van der Waals surface area contributed by atoms with Gasteiger partial charge < -0.3 is 14.5 Å². The zero-order chi connectivity index (χ0) is 18.9. The van der Waals surface area contributed by atoms with Crippen molar-refractivity contribution in [3.05, 3.63) is 59.9 Å². The van der Waals surface area contributed by atoms with Crippen molar-refractivity contribution in [1.29, 1.82) is 0 Å². The molecule has 26 heavy (non-hydrogen) atoms. The second-order valence-electron chi connectivity index (χ2n) is 5.79. The molecule has 0 aliphatic carbocycles. The first-order valence-electron chi connectivity index (χ1n) is 7.80. The van der Waals surface area contributed by atoms with E-state index in [2.05, 4.69) is 5.32 Å². The smallest absolute Gasteiger partial charge is 0.255 e. The molecule has 1 aromatic heterocycles. The summed E-state index contributed by atoms with van der Waals surface area (Å²) >= 11 is 0. The van der Waals surface area contributed by atoms with Gasteiger partial charge in [0.05, 0.1) is 23.6 Å². The van der Waals surface area contributed by atoms with Gasteiger partial charge in [-0.25, -0.2) is 13.6 Å². The highest BCUT2D eigenvalue weighted by Crippen LogP contribution is 2.26. The summed E-state index contributed by atoms with van der Waals surface area (Å²) in [5, 5.41) is 8.84. The summed E-state index contributed by atoms with van der Waals surface area (Å²) in [6, 6.07) is 12.8. The second kappa shape index (κ2) is 6.81. The van der Waals surface area contributed by atoms with Gasteiger partial charge in [0, 0.05) is 5.39 Å². The van der Waals surface area contributed by atoms with Crippen molar-refractivity contribution < 1.29 is 22.4 Å². The molecule has 1 amide bonds. The number of carbonyl (C=O) groups excluding carboxylic acids is 1. The third-order valence-corrected chi connectivity index (χ3v) is 4.87. The summed E-state index contributed by atoms with van der Waals surface area (Å²) in [6.07, 6.45) is 0. The van der Waals surface area contributed by atoms with E-state index in [1.54, 1.807) is 6.92 Å². The van der Waals surface area contributed by atoms with Gasteiger partial charge in [-0.2, -0.15) is 0 Å². The van der Waals surface area contributed by atoms with E-state index in [9.17, 15) is 13.2 Å². The number of fused-ring (bicyclic) bond motifs is 1. The standard InChI is InChI=1S/C18H18N2O5S/c1-11(17-9-12-5-3-4-6-15(12)25-17)20-18(21)14-10-13(26(19,22)23)7-8-16(14)24-2/h3-11H,1-2H3,(H,20,21)(H2,19,22,23). The number of para-hydroxylation sites is 1. The summed E-state index contributed by atoms with van der Waals surface area (Å²) in [6.45, 7) is 1.77. The van der Waals surface area contributed by atoms with E-state index in [0.717, 1.165) is 11.0 Å². The van der Waals surface area contributed by atoms with Crippen LogP contribution in [0.2, 0.25) is 0 Å². The number of nitrogens with one attached hydrogen (secondary N) is 1. The number of benzene rings is 2. The van der Waals surface area contributed by atoms with Crippen LogP contribution in [0.1, 0.15) is 29.1 Å². The molecule has 1 atom stereocenters. The van der Waals surface area contributed by atoms with Crippen LogP contribution in [-0.4, -0.2) is 21.4 Å². The van der Waals surface area contributed by atoms with Gasteiger partial charge >= 0.3 is 0 Å². The zero-order valence-electron chi connectivity index (χ0n) is 14.2. The Labute approximate surface area is 150 Å². The molecule has 0 radical (unpaired) electrons. The lowest BCUT2D eigenvalue weighted by Crippen LogP contribution is -2.27. The lowest BCUT2D eigenvalue weighted by atomic mass is 10.1. The van der Waals surface area contributed by atoms with Crippen molar-refractivity contribution in [1.82, 2.24) is 5.32 Å². The molecule has 0 saturated heterocycles. The highest BCUT2D eigenvalue weighted by molar-refractivity contribution is 7.89.